The first kappa shape index (κ1) is 6.99. The Morgan fingerprint density at radius 2 is 2.40 bits per heavy atom. The lowest BCUT2D eigenvalue weighted by atomic mass is 10.1. The quantitative estimate of drug-likeness (QED) is 0.593. The lowest BCUT2D eigenvalue weighted by Crippen LogP contribution is -2.06. The van der Waals surface area contributed by atoms with Crippen LogP contribution in [0.1, 0.15) is 19.8 Å². The van der Waals surface area contributed by atoms with E-state index in [0.29, 0.717) is 12.0 Å². The van der Waals surface area contributed by atoms with Crippen molar-refractivity contribution >= 4 is 11.7 Å². The molecule has 54 valence electrons. The highest BCUT2D eigenvalue weighted by Gasteiger charge is 2.10. The third-order valence-electron chi connectivity index (χ3n) is 1.47. The Kier molecular flexibility index (Phi) is 1.85. The maximum atomic E-state index is 10.3. The predicted molar refractivity (Wildman–Crippen MR) is 38.1 cm³/mol. The number of aliphatic imine (C=N–C) groups is 1. The zero-order valence-electron chi connectivity index (χ0n) is 5.79. The topological polar surface area (TPSA) is 49.7 Å². The maximum absolute atomic E-state index is 10.3. The second-order valence-corrected chi connectivity index (χ2v) is 2.32. The van der Waals surface area contributed by atoms with Gasteiger partial charge in [0, 0.05) is 11.9 Å². The van der Waals surface area contributed by atoms with Crippen molar-refractivity contribution in [1.82, 2.24) is 0 Å². The summed E-state index contributed by atoms with van der Waals surface area (Å²) in [5.74, 6) is -0.851. The molecule has 0 aromatic carbocycles. The van der Waals surface area contributed by atoms with Crippen LogP contribution in [0.4, 0.5) is 0 Å². The monoisotopic (exact) mass is 139 g/mol. The van der Waals surface area contributed by atoms with Crippen molar-refractivity contribution in [3.05, 3.63) is 11.8 Å². The van der Waals surface area contributed by atoms with Crippen LogP contribution in [-0.2, 0) is 4.79 Å². The van der Waals surface area contributed by atoms with Gasteiger partial charge < -0.3 is 5.11 Å². The smallest absolute Gasteiger partial charge is 0.333 e. The molecule has 10 heavy (non-hydrogen) atoms. The van der Waals surface area contributed by atoms with E-state index in [-0.39, 0.29) is 0 Å². The van der Waals surface area contributed by atoms with E-state index < -0.39 is 5.97 Å². The van der Waals surface area contributed by atoms with Crippen molar-refractivity contribution in [1.29, 1.82) is 0 Å². The van der Waals surface area contributed by atoms with Crippen molar-refractivity contribution in [2.75, 3.05) is 0 Å². The first-order valence-electron chi connectivity index (χ1n) is 3.16. The largest absolute Gasteiger partial charge is 0.478 e. The molecule has 0 atom stereocenters. The fourth-order valence-corrected chi connectivity index (χ4v) is 0.795. The first-order chi connectivity index (χ1) is 4.70. The van der Waals surface area contributed by atoms with Gasteiger partial charge in [-0.2, -0.15) is 0 Å². The zero-order valence-corrected chi connectivity index (χ0v) is 5.79. The minimum absolute atomic E-state index is 0.408. The molecule has 1 N–H and O–H groups in total. The summed E-state index contributed by atoms with van der Waals surface area (Å²) in [6, 6.07) is 0. The number of carboxylic acids is 1. The highest BCUT2D eigenvalue weighted by Crippen LogP contribution is 2.11. The minimum atomic E-state index is -0.851. The average molecular weight is 139 g/mol. The van der Waals surface area contributed by atoms with Crippen LogP contribution in [0, 0.1) is 0 Å². The predicted octanol–water partition coefficient (Wildman–Crippen LogP) is 1.21. The molecule has 3 heteroatoms. The SMILES string of the molecule is CC1=NC=C(C(=O)O)CC1. The van der Waals surface area contributed by atoms with Crippen molar-refractivity contribution in [2.24, 2.45) is 4.99 Å². The molecular formula is C7H9NO2. The molecule has 0 saturated heterocycles. The van der Waals surface area contributed by atoms with Gasteiger partial charge in [0.05, 0.1) is 5.57 Å². The van der Waals surface area contributed by atoms with E-state index in [1.54, 1.807) is 0 Å². The molecular weight excluding hydrogens is 130 g/mol. The van der Waals surface area contributed by atoms with E-state index in [1.807, 2.05) is 6.92 Å². The van der Waals surface area contributed by atoms with Crippen LogP contribution >= 0.6 is 0 Å². The number of aliphatic carboxylic acids is 1. The number of carbonyl (C=O) groups is 1. The van der Waals surface area contributed by atoms with Crippen molar-refractivity contribution in [3.63, 3.8) is 0 Å². The van der Waals surface area contributed by atoms with Gasteiger partial charge in [0.15, 0.2) is 0 Å². The summed E-state index contributed by atoms with van der Waals surface area (Å²) in [5, 5.41) is 8.49. The van der Waals surface area contributed by atoms with Gasteiger partial charge in [0.2, 0.25) is 0 Å². The molecule has 1 heterocycles. The summed E-state index contributed by atoms with van der Waals surface area (Å²) in [6.07, 6.45) is 2.82. The molecule has 0 aromatic rings. The summed E-state index contributed by atoms with van der Waals surface area (Å²) in [5.41, 5.74) is 1.41. The van der Waals surface area contributed by atoms with E-state index in [1.165, 1.54) is 6.20 Å². The van der Waals surface area contributed by atoms with Crippen LogP contribution in [0.2, 0.25) is 0 Å². The highest BCUT2D eigenvalue weighted by atomic mass is 16.4. The van der Waals surface area contributed by atoms with Crippen LogP contribution in [0.25, 0.3) is 0 Å². The van der Waals surface area contributed by atoms with E-state index >= 15 is 0 Å². The molecule has 0 radical (unpaired) electrons. The third kappa shape index (κ3) is 1.43. The van der Waals surface area contributed by atoms with Crippen LogP contribution in [-0.4, -0.2) is 16.8 Å². The molecule has 0 bridgehead atoms. The Morgan fingerprint density at radius 1 is 1.70 bits per heavy atom. The molecule has 1 aliphatic heterocycles. The normalized spacial score (nSPS) is 17.7. The zero-order chi connectivity index (χ0) is 7.56. The summed E-state index contributed by atoms with van der Waals surface area (Å²) in [6.45, 7) is 1.90. The first-order valence-corrected chi connectivity index (χ1v) is 3.16. The maximum Gasteiger partial charge on any atom is 0.333 e. The van der Waals surface area contributed by atoms with E-state index in [4.69, 9.17) is 5.11 Å². The second-order valence-electron chi connectivity index (χ2n) is 2.32. The molecule has 1 aliphatic rings. The van der Waals surface area contributed by atoms with Crippen molar-refractivity contribution in [3.8, 4) is 0 Å². The molecule has 0 fully saturated rings. The van der Waals surface area contributed by atoms with Crippen LogP contribution < -0.4 is 0 Å². The number of rotatable bonds is 1. The molecule has 0 saturated carbocycles. The molecule has 0 spiro atoms. The van der Waals surface area contributed by atoms with Crippen molar-refractivity contribution < 1.29 is 9.90 Å². The van der Waals surface area contributed by atoms with Gasteiger partial charge in [-0.25, -0.2) is 4.79 Å². The van der Waals surface area contributed by atoms with E-state index in [0.717, 1.165) is 12.1 Å². The number of hydrogen-bond donors (Lipinski definition) is 1. The Bertz CT molecular complexity index is 216. The lowest BCUT2D eigenvalue weighted by molar-refractivity contribution is -0.132. The average Bonchev–Trinajstić information content (AvgIpc) is 1.88. The molecule has 3 nitrogen and oxygen atoms in total. The fraction of sp³-hybridized carbons (Fsp3) is 0.429. The van der Waals surface area contributed by atoms with E-state index in [9.17, 15) is 4.79 Å². The van der Waals surface area contributed by atoms with Gasteiger partial charge in [0.1, 0.15) is 0 Å². The van der Waals surface area contributed by atoms with Gasteiger partial charge in [-0.05, 0) is 19.8 Å². The van der Waals surface area contributed by atoms with Gasteiger partial charge in [-0.1, -0.05) is 0 Å². The summed E-state index contributed by atoms with van der Waals surface area (Å²) >= 11 is 0. The van der Waals surface area contributed by atoms with Gasteiger partial charge >= 0.3 is 5.97 Å². The Morgan fingerprint density at radius 3 is 2.80 bits per heavy atom. The van der Waals surface area contributed by atoms with Gasteiger partial charge in [-0.3, -0.25) is 4.99 Å². The molecule has 0 aromatic heterocycles. The number of nitrogens with zero attached hydrogens (tertiary/aromatic N) is 1. The molecule has 0 aliphatic carbocycles. The molecule has 1 rings (SSSR count). The molecule has 0 amide bonds. The third-order valence-corrected chi connectivity index (χ3v) is 1.47. The van der Waals surface area contributed by atoms with Gasteiger partial charge in [0.25, 0.3) is 0 Å². The van der Waals surface area contributed by atoms with E-state index in [2.05, 4.69) is 4.99 Å². The van der Waals surface area contributed by atoms with Crippen molar-refractivity contribution in [2.45, 2.75) is 19.8 Å². The van der Waals surface area contributed by atoms with Crippen LogP contribution in [0.15, 0.2) is 16.8 Å². The summed E-state index contributed by atoms with van der Waals surface area (Å²) in [4.78, 5) is 14.2. The number of hydrogen-bond acceptors (Lipinski definition) is 2. The highest BCUT2D eigenvalue weighted by molar-refractivity contribution is 5.91. The standard InChI is InChI=1S/C7H9NO2/c1-5-2-3-6(4-8-5)7(9)10/h4H,2-3H2,1H3,(H,9,10). The Labute approximate surface area is 59.1 Å². The summed E-state index contributed by atoms with van der Waals surface area (Å²) < 4.78 is 0. The summed E-state index contributed by atoms with van der Waals surface area (Å²) in [7, 11) is 0. The lowest BCUT2D eigenvalue weighted by Gasteiger charge is -2.05. The second kappa shape index (κ2) is 2.64. The minimum Gasteiger partial charge on any atom is -0.478 e. The fourth-order valence-electron chi connectivity index (χ4n) is 0.795. The van der Waals surface area contributed by atoms with Crippen LogP contribution in [0.5, 0.6) is 0 Å². The molecule has 0 unspecified atom stereocenters. The Balaban J connectivity index is 2.74. The van der Waals surface area contributed by atoms with Gasteiger partial charge in [-0.15, -0.1) is 0 Å². The van der Waals surface area contributed by atoms with Crippen LogP contribution in [0.3, 0.4) is 0 Å². The Hall–Kier alpha value is -1.12. The number of carboxylic acid groups (broad SMARTS) is 1.